The summed E-state index contributed by atoms with van der Waals surface area (Å²) >= 11 is 0. The van der Waals surface area contributed by atoms with Gasteiger partial charge in [-0.05, 0) is 76.2 Å². The third-order valence-electron chi connectivity index (χ3n) is 5.31. The van der Waals surface area contributed by atoms with Crippen molar-refractivity contribution in [2.45, 2.75) is 27.7 Å². The van der Waals surface area contributed by atoms with E-state index >= 15 is 0 Å². The van der Waals surface area contributed by atoms with Gasteiger partial charge in [0.1, 0.15) is 12.1 Å². The molecule has 4 heterocycles. The van der Waals surface area contributed by atoms with Gasteiger partial charge in [0.05, 0.1) is 28.0 Å². The fourth-order valence-corrected chi connectivity index (χ4v) is 3.73. The van der Waals surface area contributed by atoms with Gasteiger partial charge >= 0.3 is 0 Å². The van der Waals surface area contributed by atoms with E-state index < -0.39 is 0 Å². The molecule has 0 saturated carbocycles. The number of ketones is 1. The van der Waals surface area contributed by atoms with Crippen LogP contribution < -0.4 is 5.32 Å². The molecule has 0 radical (unpaired) electrons. The number of nitrogens with zero attached hydrogens (tertiary/aromatic N) is 7. The zero-order valence-electron chi connectivity index (χ0n) is 18.7. The van der Waals surface area contributed by atoms with Gasteiger partial charge in [-0.15, -0.1) is 5.10 Å². The number of hydrogen-bond donors (Lipinski definition) is 1. The Kier molecular flexibility index (Phi) is 4.93. The molecule has 164 valence electrons. The van der Waals surface area contributed by atoms with Gasteiger partial charge in [0.25, 0.3) is 0 Å². The Morgan fingerprint density at radius 3 is 2.48 bits per heavy atom. The van der Waals surface area contributed by atoms with Crippen LogP contribution in [0.1, 0.15) is 34.4 Å². The molecule has 1 aromatic carbocycles. The number of fused-ring (bicyclic) bond motifs is 1. The molecule has 0 aliphatic rings. The second kappa shape index (κ2) is 7.94. The summed E-state index contributed by atoms with van der Waals surface area (Å²) in [5.41, 5.74) is 5.66. The standard InChI is InChI=1S/C24H22N8O/c1-14-5-9-22(29-28-14)26-18-6-8-20-21(12-18)31(13-25-20)23-10-7-19(17(4)33)24(27-23)32-16(3)11-15(2)30-32/h5-13H,1-4H3,(H,26,29). The number of nitrogens with one attached hydrogen (secondary N) is 1. The van der Waals surface area contributed by atoms with Gasteiger partial charge < -0.3 is 5.32 Å². The topological polar surface area (TPSA) is 103 Å². The highest BCUT2D eigenvalue weighted by Gasteiger charge is 2.17. The minimum absolute atomic E-state index is 0.0715. The zero-order valence-corrected chi connectivity index (χ0v) is 18.7. The maximum absolute atomic E-state index is 12.3. The molecule has 9 nitrogen and oxygen atoms in total. The molecule has 9 heteroatoms. The highest BCUT2D eigenvalue weighted by Crippen LogP contribution is 2.25. The Hall–Kier alpha value is -4.40. The van der Waals surface area contributed by atoms with E-state index in [2.05, 4.69) is 25.6 Å². The van der Waals surface area contributed by atoms with Crippen molar-refractivity contribution in [1.82, 2.24) is 34.5 Å². The summed E-state index contributed by atoms with van der Waals surface area (Å²) in [6.45, 7) is 7.28. The van der Waals surface area contributed by atoms with Gasteiger partial charge in [0.2, 0.25) is 0 Å². The Morgan fingerprint density at radius 1 is 0.939 bits per heavy atom. The molecule has 0 aliphatic carbocycles. The molecule has 0 unspecified atom stereocenters. The van der Waals surface area contributed by atoms with Crippen LogP contribution in [0, 0.1) is 20.8 Å². The Balaban J connectivity index is 1.60. The summed E-state index contributed by atoms with van der Waals surface area (Å²) in [5, 5.41) is 16.1. The molecule has 0 saturated heterocycles. The lowest BCUT2D eigenvalue weighted by Gasteiger charge is -2.12. The number of carbonyl (C=O) groups excluding carboxylic acids is 1. The Morgan fingerprint density at radius 2 is 1.79 bits per heavy atom. The maximum atomic E-state index is 12.3. The summed E-state index contributed by atoms with van der Waals surface area (Å²) in [7, 11) is 0. The first-order valence-corrected chi connectivity index (χ1v) is 10.5. The van der Waals surface area contributed by atoms with Gasteiger partial charge in [-0.3, -0.25) is 9.36 Å². The summed E-state index contributed by atoms with van der Waals surface area (Å²) in [5.74, 6) is 1.72. The van der Waals surface area contributed by atoms with Crippen molar-refractivity contribution in [1.29, 1.82) is 0 Å². The van der Waals surface area contributed by atoms with Crippen LogP contribution in [0.4, 0.5) is 11.5 Å². The third-order valence-corrected chi connectivity index (χ3v) is 5.31. The van der Waals surface area contributed by atoms with E-state index in [0.717, 1.165) is 33.8 Å². The molecular weight excluding hydrogens is 416 g/mol. The molecule has 33 heavy (non-hydrogen) atoms. The first-order valence-electron chi connectivity index (χ1n) is 10.5. The number of pyridine rings is 1. The minimum atomic E-state index is -0.0715. The summed E-state index contributed by atoms with van der Waals surface area (Å²) in [4.78, 5) is 21.6. The average molecular weight is 438 g/mol. The van der Waals surface area contributed by atoms with E-state index in [-0.39, 0.29) is 5.78 Å². The van der Waals surface area contributed by atoms with Gasteiger partial charge in [-0.1, -0.05) is 0 Å². The highest BCUT2D eigenvalue weighted by molar-refractivity contribution is 5.97. The molecule has 0 bridgehead atoms. The van der Waals surface area contributed by atoms with E-state index in [0.29, 0.717) is 23.0 Å². The maximum Gasteiger partial charge on any atom is 0.166 e. The molecule has 5 aromatic rings. The van der Waals surface area contributed by atoms with Crippen molar-refractivity contribution in [3.05, 3.63) is 77.5 Å². The first kappa shape index (κ1) is 20.5. The number of hydrogen-bond acceptors (Lipinski definition) is 7. The fourth-order valence-electron chi connectivity index (χ4n) is 3.73. The van der Waals surface area contributed by atoms with Gasteiger partial charge in [0.15, 0.2) is 17.4 Å². The predicted molar refractivity (Wildman–Crippen MR) is 126 cm³/mol. The van der Waals surface area contributed by atoms with Crippen molar-refractivity contribution in [2.24, 2.45) is 0 Å². The van der Waals surface area contributed by atoms with Crippen LogP contribution in [-0.2, 0) is 0 Å². The lowest BCUT2D eigenvalue weighted by Crippen LogP contribution is -2.11. The lowest BCUT2D eigenvalue weighted by molar-refractivity contribution is 0.101. The van der Waals surface area contributed by atoms with E-state index in [4.69, 9.17) is 4.98 Å². The van der Waals surface area contributed by atoms with Crippen molar-refractivity contribution in [2.75, 3.05) is 5.32 Å². The van der Waals surface area contributed by atoms with Crippen LogP contribution >= 0.6 is 0 Å². The fraction of sp³-hybridized carbons (Fsp3) is 0.167. The zero-order chi connectivity index (χ0) is 23.1. The van der Waals surface area contributed by atoms with E-state index in [9.17, 15) is 4.79 Å². The number of rotatable bonds is 5. The second-order valence-corrected chi connectivity index (χ2v) is 7.94. The molecule has 0 amide bonds. The minimum Gasteiger partial charge on any atom is -0.339 e. The quantitative estimate of drug-likeness (QED) is 0.409. The van der Waals surface area contributed by atoms with Crippen molar-refractivity contribution >= 4 is 28.3 Å². The van der Waals surface area contributed by atoms with Crippen LogP contribution in [0.3, 0.4) is 0 Å². The Bertz CT molecular complexity index is 1500. The molecule has 4 aromatic heterocycles. The van der Waals surface area contributed by atoms with Gasteiger partial charge in [0, 0.05) is 11.4 Å². The summed E-state index contributed by atoms with van der Waals surface area (Å²) < 4.78 is 3.60. The number of carbonyl (C=O) groups is 1. The number of Topliss-reactive ketones (excluding diaryl/α,β-unsaturated/α-hetero) is 1. The SMILES string of the molecule is CC(=O)c1ccc(-n2cnc3ccc(Nc4ccc(C)nn4)cc32)nc1-n1nc(C)cc1C. The highest BCUT2D eigenvalue weighted by atomic mass is 16.1. The monoisotopic (exact) mass is 438 g/mol. The lowest BCUT2D eigenvalue weighted by atomic mass is 10.2. The van der Waals surface area contributed by atoms with Crippen molar-refractivity contribution < 1.29 is 4.79 Å². The molecule has 1 N–H and O–H groups in total. The molecule has 5 rings (SSSR count). The number of anilines is 2. The Labute approximate surface area is 190 Å². The van der Waals surface area contributed by atoms with Crippen molar-refractivity contribution in [3.8, 4) is 11.6 Å². The van der Waals surface area contributed by atoms with Crippen LogP contribution in [-0.4, -0.2) is 40.3 Å². The summed E-state index contributed by atoms with van der Waals surface area (Å²) in [6.07, 6.45) is 1.72. The third kappa shape index (κ3) is 3.84. The number of benzene rings is 1. The molecular formula is C24H22N8O. The molecule has 0 spiro atoms. The van der Waals surface area contributed by atoms with Crippen LogP contribution in [0.25, 0.3) is 22.7 Å². The van der Waals surface area contributed by atoms with Crippen LogP contribution in [0.5, 0.6) is 0 Å². The second-order valence-electron chi connectivity index (χ2n) is 7.94. The molecule has 0 atom stereocenters. The van der Waals surface area contributed by atoms with Crippen LogP contribution in [0.2, 0.25) is 0 Å². The smallest absolute Gasteiger partial charge is 0.166 e. The van der Waals surface area contributed by atoms with Crippen molar-refractivity contribution in [3.63, 3.8) is 0 Å². The van der Waals surface area contributed by atoms with E-state index in [1.54, 1.807) is 17.1 Å². The largest absolute Gasteiger partial charge is 0.339 e. The number of aryl methyl sites for hydroxylation is 3. The summed E-state index contributed by atoms with van der Waals surface area (Å²) in [6, 6.07) is 15.2. The van der Waals surface area contributed by atoms with E-state index in [1.165, 1.54) is 6.92 Å². The predicted octanol–water partition coefficient (Wildman–Crippen LogP) is 4.27. The van der Waals surface area contributed by atoms with Gasteiger partial charge in [-0.25, -0.2) is 14.6 Å². The van der Waals surface area contributed by atoms with E-state index in [1.807, 2.05) is 67.8 Å². The molecule has 0 fully saturated rings. The number of imidazole rings is 1. The molecule has 0 aliphatic heterocycles. The number of aromatic nitrogens is 7. The average Bonchev–Trinajstić information content (AvgIpc) is 3.36. The van der Waals surface area contributed by atoms with Gasteiger partial charge in [-0.2, -0.15) is 10.2 Å². The normalized spacial score (nSPS) is 11.2. The van der Waals surface area contributed by atoms with Crippen LogP contribution in [0.15, 0.2) is 54.9 Å². The first-order chi connectivity index (χ1) is 15.9.